The highest BCUT2D eigenvalue weighted by Gasteiger charge is 2.32. The van der Waals surface area contributed by atoms with Crippen LogP contribution in [0.4, 0.5) is 11.4 Å². The van der Waals surface area contributed by atoms with E-state index < -0.39 is 6.04 Å². The van der Waals surface area contributed by atoms with Gasteiger partial charge in [0.1, 0.15) is 6.04 Å². The monoisotopic (exact) mass is 557 g/mol. The van der Waals surface area contributed by atoms with Gasteiger partial charge in [0.2, 0.25) is 11.8 Å². The third-order valence-corrected chi connectivity index (χ3v) is 8.60. The maximum atomic E-state index is 13.9. The largest absolute Gasteiger partial charge is 0.383 e. The summed E-state index contributed by atoms with van der Waals surface area (Å²) in [6.45, 7) is 4.38. The van der Waals surface area contributed by atoms with E-state index in [2.05, 4.69) is 51.2 Å². The van der Waals surface area contributed by atoms with Crippen molar-refractivity contribution in [2.45, 2.75) is 44.3 Å². The minimum Gasteiger partial charge on any atom is -0.383 e. The number of carbonyl (C=O) groups excluding carboxylic acids is 2. The number of carbonyl (C=O) groups is 2. The topological polar surface area (TPSA) is 76.7 Å². The molecule has 0 aliphatic carbocycles. The van der Waals surface area contributed by atoms with Crippen molar-refractivity contribution in [1.82, 2.24) is 15.5 Å². The van der Waals surface area contributed by atoms with E-state index in [1.54, 1.807) is 0 Å². The highest BCUT2D eigenvalue weighted by Crippen LogP contribution is 2.33. The average molecular weight is 558 g/mol. The molecule has 3 aromatic carbocycles. The van der Waals surface area contributed by atoms with Crippen LogP contribution in [0.3, 0.4) is 0 Å². The predicted octanol–water partition coefficient (Wildman–Crippen LogP) is 3.79. The predicted molar refractivity (Wildman–Crippen MR) is 160 cm³/mol. The van der Waals surface area contributed by atoms with Crippen LogP contribution in [0.25, 0.3) is 0 Å². The van der Waals surface area contributed by atoms with Crippen molar-refractivity contribution >= 4 is 34.8 Å². The Hall–Kier alpha value is -3.55. The molecule has 0 aromatic heterocycles. The summed E-state index contributed by atoms with van der Waals surface area (Å²) in [6.07, 6.45) is 3.28. The first-order chi connectivity index (χ1) is 19.5. The van der Waals surface area contributed by atoms with Crippen LogP contribution in [0.1, 0.15) is 28.7 Å². The standard InChI is InChI=1S/C32H36ClN5O2/c33-26-12-10-22(11-13-26)19-28(36-31(39)27-20-24-5-1-2-6-25(24)21-35-27)32(40)38-17-15-37(16-18-38)29-9-3-7-23-8-4-14-34-30(23)29/h1-3,5-7,9-13,27-28,34-35H,4,8,14-21H2,(H,36,39)/t27-,28-/m1/s1. The molecule has 0 bridgehead atoms. The summed E-state index contributed by atoms with van der Waals surface area (Å²) in [6, 6.07) is 21.2. The number of benzene rings is 3. The number of hydrogen-bond acceptors (Lipinski definition) is 5. The molecule has 0 spiro atoms. The molecule has 3 aromatic rings. The van der Waals surface area contributed by atoms with E-state index in [0.717, 1.165) is 38.0 Å². The Morgan fingerprint density at radius 3 is 2.48 bits per heavy atom. The van der Waals surface area contributed by atoms with E-state index in [1.807, 2.05) is 41.3 Å². The van der Waals surface area contributed by atoms with Gasteiger partial charge in [-0.3, -0.25) is 9.59 Å². The van der Waals surface area contributed by atoms with E-state index in [0.29, 0.717) is 37.5 Å². The fourth-order valence-corrected chi connectivity index (χ4v) is 6.24. The van der Waals surface area contributed by atoms with E-state index in [4.69, 9.17) is 11.6 Å². The smallest absolute Gasteiger partial charge is 0.245 e. The van der Waals surface area contributed by atoms with E-state index in [9.17, 15) is 9.59 Å². The van der Waals surface area contributed by atoms with Crippen LogP contribution >= 0.6 is 11.6 Å². The van der Waals surface area contributed by atoms with Crippen LogP contribution < -0.4 is 20.9 Å². The van der Waals surface area contributed by atoms with Gasteiger partial charge in [0, 0.05) is 50.7 Å². The van der Waals surface area contributed by atoms with Crippen LogP contribution in [0.15, 0.2) is 66.7 Å². The number of rotatable bonds is 6. The molecule has 3 aliphatic rings. The van der Waals surface area contributed by atoms with Crippen LogP contribution in [-0.2, 0) is 35.4 Å². The zero-order chi connectivity index (χ0) is 27.5. The van der Waals surface area contributed by atoms with Gasteiger partial charge >= 0.3 is 0 Å². The van der Waals surface area contributed by atoms with Crippen molar-refractivity contribution in [3.63, 3.8) is 0 Å². The molecule has 6 rings (SSSR count). The van der Waals surface area contributed by atoms with Gasteiger partial charge in [0.25, 0.3) is 0 Å². The third-order valence-electron chi connectivity index (χ3n) is 8.35. The first-order valence-corrected chi connectivity index (χ1v) is 14.7. The molecule has 2 atom stereocenters. The zero-order valence-electron chi connectivity index (χ0n) is 22.7. The number of aryl methyl sites for hydroxylation is 1. The molecule has 40 heavy (non-hydrogen) atoms. The van der Waals surface area contributed by atoms with Crippen molar-refractivity contribution < 1.29 is 9.59 Å². The molecule has 0 radical (unpaired) electrons. The molecule has 0 unspecified atom stereocenters. The van der Waals surface area contributed by atoms with Crippen LogP contribution in [0, 0.1) is 0 Å². The normalized spacial score (nSPS) is 19.2. The average Bonchev–Trinajstić information content (AvgIpc) is 3.01. The summed E-state index contributed by atoms with van der Waals surface area (Å²) < 4.78 is 0. The van der Waals surface area contributed by atoms with Gasteiger partial charge in [-0.15, -0.1) is 0 Å². The number of anilines is 2. The maximum Gasteiger partial charge on any atom is 0.245 e. The van der Waals surface area contributed by atoms with E-state index >= 15 is 0 Å². The van der Waals surface area contributed by atoms with Crippen molar-refractivity contribution in [3.05, 3.63) is 94.0 Å². The van der Waals surface area contributed by atoms with Gasteiger partial charge in [0.15, 0.2) is 0 Å². The fraction of sp³-hybridized carbons (Fsp3) is 0.375. The second-order valence-electron chi connectivity index (χ2n) is 11.0. The van der Waals surface area contributed by atoms with Crippen molar-refractivity contribution in [2.75, 3.05) is 42.9 Å². The van der Waals surface area contributed by atoms with Gasteiger partial charge < -0.3 is 25.8 Å². The number of nitrogens with zero attached hydrogens (tertiary/aromatic N) is 2. The Balaban J connectivity index is 1.14. The van der Waals surface area contributed by atoms with Crippen LogP contribution in [0.5, 0.6) is 0 Å². The molecule has 1 saturated heterocycles. The summed E-state index contributed by atoms with van der Waals surface area (Å²) >= 11 is 6.11. The Morgan fingerprint density at radius 2 is 1.68 bits per heavy atom. The molecule has 8 heteroatoms. The van der Waals surface area contributed by atoms with Crippen LogP contribution in [-0.4, -0.2) is 61.5 Å². The molecule has 208 valence electrons. The van der Waals surface area contributed by atoms with Crippen molar-refractivity contribution in [1.29, 1.82) is 0 Å². The number of piperazine rings is 1. The number of para-hydroxylation sites is 1. The lowest BCUT2D eigenvalue weighted by Gasteiger charge is -2.39. The van der Waals surface area contributed by atoms with Crippen molar-refractivity contribution in [3.8, 4) is 0 Å². The molecule has 0 saturated carbocycles. The minimum absolute atomic E-state index is 0.0348. The number of amides is 2. The minimum atomic E-state index is -0.648. The summed E-state index contributed by atoms with van der Waals surface area (Å²) in [5, 5.41) is 10.7. The third kappa shape index (κ3) is 5.81. The molecule has 1 fully saturated rings. The molecule has 2 amide bonds. The molecule has 7 nitrogen and oxygen atoms in total. The summed E-state index contributed by atoms with van der Waals surface area (Å²) in [5.74, 6) is -0.171. The highest BCUT2D eigenvalue weighted by atomic mass is 35.5. The van der Waals surface area contributed by atoms with E-state index in [1.165, 1.54) is 28.1 Å². The fourth-order valence-electron chi connectivity index (χ4n) is 6.11. The molecular formula is C32H36ClN5O2. The summed E-state index contributed by atoms with van der Waals surface area (Å²) in [5.41, 5.74) is 7.18. The SMILES string of the molecule is O=C(N[C@H](Cc1ccc(Cl)cc1)C(=O)N1CCN(c2cccc3c2NCCC3)CC1)[C@H]1Cc2ccccc2CN1. The lowest BCUT2D eigenvalue weighted by atomic mass is 9.95. The van der Waals surface area contributed by atoms with Crippen LogP contribution in [0.2, 0.25) is 5.02 Å². The zero-order valence-corrected chi connectivity index (χ0v) is 23.4. The lowest BCUT2D eigenvalue weighted by molar-refractivity contribution is -0.137. The molecule has 3 aliphatic heterocycles. The van der Waals surface area contributed by atoms with Crippen molar-refractivity contribution in [2.24, 2.45) is 0 Å². The van der Waals surface area contributed by atoms with E-state index in [-0.39, 0.29) is 17.9 Å². The Kier molecular flexibility index (Phi) is 7.93. The van der Waals surface area contributed by atoms with Gasteiger partial charge in [-0.1, -0.05) is 60.1 Å². The number of halogens is 1. The van der Waals surface area contributed by atoms with Gasteiger partial charge in [0.05, 0.1) is 17.4 Å². The first kappa shape index (κ1) is 26.7. The maximum absolute atomic E-state index is 13.9. The number of hydrogen-bond donors (Lipinski definition) is 3. The molecule has 3 N–H and O–H groups in total. The summed E-state index contributed by atoms with van der Waals surface area (Å²) in [4.78, 5) is 31.6. The highest BCUT2D eigenvalue weighted by molar-refractivity contribution is 6.30. The van der Waals surface area contributed by atoms with Gasteiger partial charge in [-0.05, 0) is 59.7 Å². The second kappa shape index (κ2) is 11.9. The van der Waals surface area contributed by atoms with Gasteiger partial charge in [-0.2, -0.15) is 0 Å². The Bertz CT molecular complexity index is 1370. The Morgan fingerprint density at radius 1 is 0.925 bits per heavy atom. The number of fused-ring (bicyclic) bond motifs is 2. The first-order valence-electron chi connectivity index (χ1n) is 14.3. The molecule has 3 heterocycles. The second-order valence-corrected chi connectivity index (χ2v) is 11.4. The lowest BCUT2D eigenvalue weighted by Crippen LogP contribution is -2.58. The van der Waals surface area contributed by atoms with Gasteiger partial charge in [-0.25, -0.2) is 0 Å². The summed E-state index contributed by atoms with van der Waals surface area (Å²) in [7, 11) is 0. The quantitative estimate of drug-likeness (QED) is 0.430. The Labute approximate surface area is 240 Å². The molecular weight excluding hydrogens is 522 g/mol. The number of nitrogens with one attached hydrogen (secondary N) is 3.